The van der Waals surface area contributed by atoms with Crippen molar-refractivity contribution in [1.82, 2.24) is 0 Å². The van der Waals surface area contributed by atoms with E-state index in [0.717, 1.165) is 12.8 Å². The largest absolute Gasteiger partial charge is 0.458 e. The van der Waals surface area contributed by atoms with Crippen molar-refractivity contribution in [2.24, 2.45) is 17.8 Å². The van der Waals surface area contributed by atoms with Crippen molar-refractivity contribution < 1.29 is 19.7 Å². The summed E-state index contributed by atoms with van der Waals surface area (Å²) in [6.07, 6.45) is 2.41. The minimum atomic E-state index is -0.937. The number of ether oxygens (including phenoxy) is 1. The molecule has 0 heterocycles. The molecule has 0 amide bonds. The third kappa shape index (κ3) is 1.48. The molecule has 2 N–H and O–H groups in total. The lowest BCUT2D eigenvalue weighted by Gasteiger charge is -2.72. The zero-order chi connectivity index (χ0) is 13.3. The molecule has 3 rings (SSSR count). The first-order valence-corrected chi connectivity index (χ1v) is 6.85. The number of aliphatic hydroxyl groups is 2. The molecule has 4 nitrogen and oxygen atoms in total. The highest BCUT2D eigenvalue weighted by Crippen LogP contribution is 2.70. The molecule has 4 heteroatoms. The van der Waals surface area contributed by atoms with Gasteiger partial charge in [-0.2, -0.15) is 0 Å². The second-order valence-electron chi connectivity index (χ2n) is 7.24. The lowest BCUT2D eigenvalue weighted by molar-refractivity contribution is -0.346. The number of carbonyl (C=O) groups excluding carboxylic acids is 1. The fourth-order valence-corrected chi connectivity index (χ4v) is 4.69. The minimum Gasteiger partial charge on any atom is -0.458 e. The number of esters is 1. The topological polar surface area (TPSA) is 66.8 Å². The van der Waals surface area contributed by atoms with Crippen LogP contribution in [0.2, 0.25) is 0 Å². The van der Waals surface area contributed by atoms with E-state index in [1.807, 2.05) is 13.8 Å². The van der Waals surface area contributed by atoms with Crippen molar-refractivity contribution >= 4 is 5.97 Å². The van der Waals surface area contributed by atoms with Gasteiger partial charge < -0.3 is 14.9 Å². The molecule has 0 aromatic heterocycles. The van der Waals surface area contributed by atoms with Crippen molar-refractivity contribution in [3.8, 4) is 0 Å². The van der Waals surface area contributed by atoms with Gasteiger partial charge in [-0.3, -0.25) is 4.79 Å². The highest BCUT2D eigenvalue weighted by molar-refractivity contribution is 5.72. The van der Waals surface area contributed by atoms with Crippen molar-refractivity contribution in [3.05, 3.63) is 0 Å². The van der Waals surface area contributed by atoms with Crippen LogP contribution in [0.15, 0.2) is 0 Å². The van der Waals surface area contributed by atoms with Crippen LogP contribution in [0.4, 0.5) is 0 Å². The van der Waals surface area contributed by atoms with Gasteiger partial charge in [-0.05, 0) is 25.7 Å². The molecule has 0 aliphatic heterocycles. The second-order valence-corrected chi connectivity index (χ2v) is 7.24. The number of hydrogen-bond acceptors (Lipinski definition) is 4. The highest BCUT2D eigenvalue weighted by Gasteiger charge is 2.76. The standard InChI is InChI=1S/C14H22O4/c1-8(2)11(15)18-14-5-9-4-13(17,10(9)14)6-12(3,16)7-14/h8-10,16-17H,4-7H2,1-3H3. The normalized spacial score (nSPS) is 53.2. The Bertz CT molecular complexity index is 403. The Hall–Kier alpha value is -0.610. The Morgan fingerprint density at radius 1 is 1.28 bits per heavy atom. The first-order valence-electron chi connectivity index (χ1n) is 6.85. The molecule has 3 aliphatic rings. The average molecular weight is 254 g/mol. The Labute approximate surface area is 107 Å². The molecule has 102 valence electrons. The van der Waals surface area contributed by atoms with E-state index in [-0.39, 0.29) is 17.8 Å². The van der Waals surface area contributed by atoms with Crippen LogP contribution in [0.1, 0.15) is 46.5 Å². The van der Waals surface area contributed by atoms with Crippen LogP contribution in [0.3, 0.4) is 0 Å². The quantitative estimate of drug-likeness (QED) is 0.728. The molecule has 5 atom stereocenters. The zero-order valence-electron chi connectivity index (χ0n) is 11.3. The fourth-order valence-electron chi connectivity index (χ4n) is 4.69. The molecule has 0 saturated heterocycles. The van der Waals surface area contributed by atoms with E-state index in [4.69, 9.17) is 4.74 Å². The van der Waals surface area contributed by atoms with Crippen LogP contribution in [-0.2, 0) is 9.53 Å². The summed E-state index contributed by atoms with van der Waals surface area (Å²) in [4.78, 5) is 11.8. The van der Waals surface area contributed by atoms with Crippen LogP contribution in [0.5, 0.6) is 0 Å². The van der Waals surface area contributed by atoms with Crippen molar-refractivity contribution in [2.45, 2.75) is 63.3 Å². The zero-order valence-corrected chi connectivity index (χ0v) is 11.3. The van der Waals surface area contributed by atoms with Crippen molar-refractivity contribution in [3.63, 3.8) is 0 Å². The number of hydrogen-bond donors (Lipinski definition) is 2. The number of carbonyl (C=O) groups is 1. The molecule has 3 aliphatic carbocycles. The predicted octanol–water partition coefficient (Wildman–Crippen LogP) is 1.24. The summed E-state index contributed by atoms with van der Waals surface area (Å²) in [5.41, 5.74) is -2.36. The second kappa shape index (κ2) is 3.28. The molecule has 0 radical (unpaired) electrons. The summed E-state index contributed by atoms with van der Waals surface area (Å²) in [5.74, 6) is 0.137. The molecule has 5 unspecified atom stereocenters. The number of rotatable bonds is 2. The Balaban J connectivity index is 1.85. The smallest absolute Gasteiger partial charge is 0.308 e. The van der Waals surface area contributed by atoms with Gasteiger partial charge in [0.1, 0.15) is 5.60 Å². The summed E-state index contributed by atoms with van der Waals surface area (Å²) in [6, 6.07) is 0. The maximum atomic E-state index is 11.8. The van der Waals surface area contributed by atoms with E-state index in [9.17, 15) is 15.0 Å². The van der Waals surface area contributed by atoms with Gasteiger partial charge in [0, 0.05) is 18.8 Å². The van der Waals surface area contributed by atoms with Crippen LogP contribution in [-0.4, -0.2) is 33.0 Å². The van der Waals surface area contributed by atoms with Gasteiger partial charge in [-0.25, -0.2) is 0 Å². The van der Waals surface area contributed by atoms with Crippen LogP contribution in [0.25, 0.3) is 0 Å². The van der Waals surface area contributed by atoms with Crippen LogP contribution < -0.4 is 0 Å². The minimum absolute atomic E-state index is 0.0490. The van der Waals surface area contributed by atoms with Gasteiger partial charge in [0.2, 0.25) is 0 Å². The summed E-state index contributed by atoms with van der Waals surface area (Å²) >= 11 is 0. The lowest BCUT2D eigenvalue weighted by atomic mass is 9.37. The molecule has 0 spiro atoms. The van der Waals surface area contributed by atoms with E-state index in [2.05, 4.69) is 0 Å². The molecule has 0 aromatic carbocycles. The third-order valence-electron chi connectivity index (χ3n) is 4.98. The molecular formula is C14H22O4. The van der Waals surface area contributed by atoms with E-state index in [1.165, 1.54) is 0 Å². The van der Waals surface area contributed by atoms with Gasteiger partial charge in [0.25, 0.3) is 0 Å². The van der Waals surface area contributed by atoms with E-state index < -0.39 is 16.8 Å². The van der Waals surface area contributed by atoms with Gasteiger partial charge in [-0.15, -0.1) is 0 Å². The molecule has 0 bridgehead atoms. The van der Waals surface area contributed by atoms with E-state index in [1.54, 1.807) is 6.92 Å². The first kappa shape index (κ1) is 12.4. The van der Waals surface area contributed by atoms with Gasteiger partial charge in [0.15, 0.2) is 0 Å². The molecule has 3 saturated carbocycles. The maximum absolute atomic E-state index is 11.8. The summed E-state index contributed by atoms with van der Waals surface area (Å²) < 4.78 is 5.68. The van der Waals surface area contributed by atoms with Crippen molar-refractivity contribution in [1.29, 1.82) is 0 Å². The highest BCUT2D eigenvalue weighted by atomic mass is 16.6. The van der Waals surface area contributed by atoms with Gasteiger partial charge in [-0.1, -0.05) is 13.8 Å². The average Bonchev–Trinajstić information content (AvgIpc) is 2.10. The third-order valence-corrected chi connectivity index (χ3v) is 4.98. The van der Waals surface area contributed by atoms with Gasteiger partial charge >= 0.3 is 5.97 Å². The van der Waals surface area contributed by atoms with E-state index >= 15 is 0 Å². The Morgan fingerprint density at radius 2 is 1.94 bits per heavy atom. The lowest BCUT2D eigenvalue weighted by Crippen LogP contribution is -2.79. The summed E-state index contributed by atoms with van der Waals surface area (Å²) in [7, 11) is 0. The van der Waals surface area contributed by atoms with Crippen LogP contribution in [0, 0.1) is 17.8 Å². The molecule has 18 heavy (non-hydrogen) atoms. The van der Waals surface area contributed by atoms with Crippen molar-refractivity contribution in [2.75, 3.05) is 0 Å². The molecular weight excluding hydrogens is 232 g/mol. The first-order chi connectivity index (χ1) is 8.18. The molecule has 3 fully saturated rings. The van der Waals surface area contributed by atoms with E-state index in [0.29, 0.717) is 18.8 Å². The fraction of sp³-hybridized carbons (Fsp3) is 0.929. The predicted molar refractivity (Wildman–Crippen MR) is 64.7 cm³/mol. The Morgan fingerprint density at radius 3 is 2.50 bits per heavy atom. The Kier molecular flexibility index (Phi) is 2.27. The molecule has 0 aromatic rings. The van der Waals surface area contributed by atoms with Crippen LogP contribution >= 0.6 is 0 Å². The summed E-state index contributed by atoms with van der Waals surface area (Å²) in [6.45, 7) is 5.35. The maximum Gasteiger partial charge on any atom is 0.308 e. The van der Waals surface area contributed by atoms with Gasteiger partial charge in [0.05, 0.1) is 17.1 Å². The SMILES string of the molecule is CC(C)C(=O)OC12CC3CC(O)(CC(C)(O)C1)C32. The monoisotopic (exact) mass is 254 g/mol. The summed E-state index contributed by atoms with van der Waals surface area (Å²) in [5, 5.41) is 20.9.